The molecule has 82 valence electrons. The molecule has 1 aromatic carbocycles. The second-order valence-corrected chi connectivity index (χ2v) is 4.66. The van der Waals surface area contributed by atoms with E-state index in [4.69, 9.17) is 0 Å². The molecule has 0 amide bonds. The Morgan fingerprint density at radius 1 is 1.12 bits per heavy atom. The predicted molar refractivity (Wildman–Crippen MR) is 60.7 cm³/mol. The lowest BCUT2D eigenvalue weighted by molar-refractivity contribution is 0.595. The maximum absolute atomic E-state index is 13.3. The Kier molecular flexibility index (Phi) is 3.41. The SMILES string of the molecule is O=S(Cc1ccccn1)c1ccccc1F. The Hall–Kier alpha value is -1.55. The predicted octanol–water partition coefficient (Wildman–Crippen LogP) is 2.53. The summed E-state index contributed by atoms with van der Waals surface area (Å²) in [7, 11) is -1.38. The van der Waals surface area contributed by atoms with Gasteiger partial charge in [-0.2, -0.15) is 0 Å². The smallest absolute Gasteiger partial charge is 0.139 e. The van der Waals surface area contributed by atoms with Gasteiger partial charge < -0.3 is 0 Å². The Morgan fingerprint density at radius 3 is 2.56 bits per heavy atom. The van der Waals surface area contributed by atoms with Crippen LogP contribution in [0.3, 0.4) is 0 Å². The molecular formula is C12H10FNOS. The van der Waals surface area contributed by atoms with Gasteiger partial charge >= 0.3 is 0 Å². The molecule has 0 bridgehead atoms. The Bertz CT molecular complexity index is 501. The molecule has 0 aliphatic rings. The van der Waals surface area contributed by atoms with Gasteiger partial charge in [0.1, 0.15) is 5.82 Å². The van der Waals surface area contributed by atoms with Crippen LogP contribution >= 0.6 is 0 Å². The first-order valence-electron chi connectivity index (χ1n) is 4.80. The van der Waals surface area contributed by atoms with E-state index in [9.17, 15) is 8.60 Å². The Labute approximate surface area is 95.6 Å². The number of rotatable bonds is 3. The van der Waals surface area contributed by atoms with Gasteiger partial charge in [0.15, 0.2) is 0 Å². The third-order valence-corrected chi connectivity index (χ3v) is 3.47. The van der Waals surface area contributed by atoms with E-state index in [0.717, 1.165) is 0 Å². The van der Waals surface area contributed by atoms with Gasteiger partial charge in [0, 0.05) is 6.20 Å². The fourth-order valence-electron chi connectivity index (χ4n) is 1.32. The van der Waals surface area contributed by atoms with Gasteiger partial charge in [0.05, 0.1) is 27.1 Å². The van der Waals surface area contributed by atoms with Crippen molar-refractivity contribution in [2.45, 2.75) is 10.6 Å². The van der Waals surface area contributed by atoms with Crippen LogP contribution in [0.25, 0.3) is 0 Å². The average molecular weight is 235 g/mol. The summed E-state index contributed by atoms with van der Waals surface area (Å²) in [5.41, 5.74) is 0.698. The number of pyridine rings is 1. The third-order valence-electron chi connectivity index (χ3n) is 2.09. The zero-order chi connectivity index (χ0) is 11.4. The van der Waals surface area contributed by atoms with Crippen molar-refractivity contribution in [2.75, 3.05) is 0 Å². The first-order chi connectivity index (χ1) is 7.77. The van der Waals surface area contributed by atoms with Crippen LogP contribution in [0.2, 0.25) is 0 Å². The topological polar surface area (TPSA) is 30.0 Å². The third kappa shape index (κ3) is 2.52. The fourth-order valence-corrected chi connectivity index (χ4v) is 2.44. The van der Waals surface area contributed by atoms with Gasteiger partial charge in [-0.25, -0.2) is 4.39 Å². The zero-order valence-corrected chi connectivity index (χ0v) is 9.28. The van der Waals surface area contributed by atoms with E-state index in [-0.39, 0.29) is 10.6 Å². The largest absolute Gasteiger partial charge is 0.260 e. The lowest BCUT2D eigenvalue weighted by atomic mass is 10.3. The second-order valence-electron chi connectivity index (χ2n) is 3.24. The van der Waals surface area contributed by atoms with Crippen LogP contribution in [0, 0.1) is 5.82 Å². The van der Waals surface area contributed by atoms with Gasteiger partial charge in [-0.15, -0.1) is 0 Å². The summed E-state index contributed by atoms with van der Waals surface area (Å²) < 4.78 is 25.2. The minimum absolute atomic E-state index is 0.230. The normalized spacial score (nSPS) is 12.3. The number of nitrogens with zero attached hydrogens (tertiary/aromatic N) is 1. The van der Waals surface area contributed by atoms with E-state index in [2.05, 4.69) is 4.98 Å². The fraction of sp³-hybridized carbons (Fsp3) is 0.0833. The van der Waals surface area contributed by atoms with Crippen molar-refractivity contribution >= 4 is 10.8 Å². The molecule has 0 spiro atoms. The molecule has 2 rings (SSSR count). The summed E-state index contributed by atoms with van der Waals surface area (Å²) in [5, 5.41) is 0. The summed E-state index contributed by atoms with van der Waals surface area (Å²) in [5.74, 6) is -0.196. The highest BCUT2D eigenvalue weighted by Gasteiger charge is 2.09. The summed E-state index contributed by atoms with van der Waals surface area (Å²) in [6, 6.07) is 11.5. The van der Waals surface area contributed by atoms with Crippen LogP contribution in [0.5, 0.6) is 0 Å². The van der Waals surface area contributed by atoms with Gasteiger partial charge in [0.2, 0.25) is 0 Å². The monoisotopic (exact) mass is 235 g/mol. The molecule has 1 atom stereocenters. The highest BCUT2D eigenvalue weighted by Crippen LogP contribution is 2.14. The van der Waals surface area contributed by atoms with Crippen molar-refractivity contribution in [3.63, 3.8) is 0 Å². The molecule has 1 heterocycles. The summed E-state index contributed by atoms with van der Waals surface area (Å²) >= 11 is 0. The van der Waals surface area contributed by atoms with Crippen molar-refractivity contribution in [2.24, 2.45) is 0 Å². The average Bonchev–Trinajstić information content (AvgIpc) is 2.31. The molecule has 0 aliphatic heterocycles. The number of hydrogen-bond donors (Lipinski definition) is 0. The number of halogens is 1. The lowest BCUT2D eigenvalue weighted by Gasteiger charge is -2.02. The van der Waals surface area contributed by atoms with Crippen molar-refractivity contribution in [3.05, 3.63) is 60.2 Å². The van der Waals surface area contributed by atoms with Gasteiger partial charge in [-0.3, -0.25) is 9.19 Å². The van der Waals surface area contributed by atoms with E-state index >= 15 is 0 Å². The van der Waals surface area contributed by atoms with Crippen LogP contribution in [0.4, 0.5) is 4.39 Å². The molecule has 16 heavy (non-hydrogen) atoms. The molecule has 0 radical (unpaired) electrons. The van der Waals surface area contributed by atoms with Crippen molar-refractivity contribution < 1.29 is 8.60 Å². The van der Waals surface area contributed by atoms with E-state index in [1.165, 1.54) is 12.1 Å². The molecule has 0 saturated heterocycles. The first kappa shape index (κ1) is 11.0. The standard InChI is InChI=1S/C12H10FNOS/c13-11-6-1-2-7-12(11)16(15)9-10-5-3-4-8-14-10/h1-8H,9H2. The summed E-state index contributed by atoms with van der Waals surface area (Å²) in [6.07, 6.45) is 1.63. The number of benzene rings is 1. The minimum Gasteiger partial charge on any atom is -0.260 e. The Balaban J connectivity index is 2.19. The van der Waals surface area contributed by atoms with Crippen molar-refractivity contribution in [1.29, 1.82) is 0 Å². The van der Waals surface area contributed by atoms with Gasteiger partial charge in [0.25, 0.3) is 0 Å². The highest BCUT2D eigenvalue weighted by molar-refractivity contribution is 7.84. The molecule has 0 saturated carbocycles. The lowest BCUT2D eigenvalue weighted by Crippen LogP contribution is -2.00. The molecule has 2 aromatic rings. The summed E-state index contributed by atoms with van der Waals surface area (Å²) in [4.78, 5) is 4.29. The van der Waals surface area contributed by atoms with Gasteiger partial charge in [-0.05, 0) is 24.3 Å². The van der Waals surface area contributed by atoms with E-state index in [1.54, 1.807) is 30.5 Å². The Morgan fingerprint density at radius 2 is 1.88 bits per heavy atom. The maximum atomic E-state index is 13.3. The maximum Gasteiger partial charge on any atom is 0.139 e. The molecule has 0 fully saturated rings. The molecule has 2 nitrogen and oxygen atoms in total. The highest BCUT2D eigenvalue weighted by atomic mass is 32.2. The van der Waals surface area contributed by atoms with E-state index in [0.29, 0.717) is 5.69 Å². The number of aromatic nitrogens is 1. The molecule has 1 unspecified atom stereocenters. The molecule has 4 heteroatoms. The van der Waals surface area contributed by atoms with Crippen LogP contribution in [0.1, 0.15) is 5.69 Å². The van der Waals surface area contributed by atoms with Crippen LogP contribution < -0.4 is 0 Å². The van der Waals surface area contributed by atoms with Crippen molar-refractivity contribution in [1.82, 2.24) is 4.98 Å². The minimum atomic E-state index is -1.38. The molecular weight excluding hydrogens is 225 g/mol. The van der Waals surface area contributed by atoms with Crippen molar-refractivity contribution in [3.8, 4) is 0 Å². The van der Waals surface area contributed by atoms with E-state index < -0.39 is 16.6 Å². The zero-order valence-electron chi connectivity index (χ0n) is 8.47. The second kappa shape index (κ2) is 4.99. The molecule has 0 N–H and O–H groups in total. The van der Waals surface area contributed by atoms with Crippen LogP contribution in [0.15, 0.2) is 53.6 Å². The summed E-state index contributed by atoms with van der Waals surface area (Å²) in [6.45, 7) is 0. The first-order valence-corrected chi connectivity index (χ1v) is 6.12. The number of hydrogen-bond acceptors (Lipinski definition) is 2. The quantitative estimate of drug-likeness (QED) is 0.818. The van der Waals surface area contributed by atoms with Crippen LogP contribution in [-0.4, -0.2) is 9.19 Å². The molecule has 1 aromatic heterocycles. The van der Waals surface area contributed by atoms with Gasteiger partial charge in [-0.1, -0.05) is 18.2 Å². The molecule has 0 aliphatic carbocycles. The van der Waals surface area contributed by atoms with E-state index in [1.807, 2.05) is 6.07 Å². The van der Waals surface area contributed by atoms with Crippen LogP contribution in [-0.2, 0) is 16.6 Å².